The van der Waals surface area contributed by atoms with Crippen molar-refractivity contribution in [3.63, 3.8) is 0 Å². The minimum absolute atomic E-state index is 0.689. The Balaban J connectivity index is 1.89. The number of fused-ring (bicyclic) bond motifs is 3. The van der Waals surface area contributed by atoms with Crippen molar-refractivity contribution in [1.82, 2.24) is 9.38 Å². The van der Waals surface area contributed by atoms with Gasteiger partial charge in [-0.1, -0.05) is 12.1 Å². The van der Waals surface area contributed by atoms with Gasteiger partial charge in [-0.15, -0.1) is 11.3 Å². The molecule has 0 saturated heterocycles. The first kappa shape index (κ1) is 12.4. The molecule has 0 atom stereocenters. The summed E-state index contributed by atoms with van der Waals surface area (Å²) in [6, 6.07) is 16.5. The zero-order valence-electron chi connectivity index (χ0n) is 11.6. The number of thiazole rings is 1. The van der Waals surface area contributed by atoms with Crippen molar-refractivity contribution in [3.8, 4) is 17.0 Å². The van der Waals surface area contributed by atoms with Crippen molar-refractivity contribution < 1.29 is 4.74 Å². The predicted molar refractivity (Wildman–Crippen MR) is 87.2 cm³/mol. The van der Waals surface area contributed by atoms with Crippen molar-refractivity contribution in [2.24, 2.45) is 0 Å². The van der Waals surface area contributed by atoms with Gasteiger partial charge in [0.1, 0.15) is 5.75 Å². The van der Waals surface area contributed by atoms with Crippen LogP contribution in [-0.4, -0.2) is 16.0 Å². The van der Waals surface area contributed by atoms with E-state index in [1.165, 1.54) is 11.3 Å². The number of ether oxygens (including phenoxy) is 1. The largest absolute Gasteiger partial charge is 0.494 e. The lowest BCUT2D eigenvalue weighted by atomic mass is 10.1. The van der Waals surface area contributed by atoms with Crippen molar-refractivity contribution in [2.75, 3.05) is 6.61 Å². The third kappa shape index (κ3) is 1.99. The fraction of sp³-hybridized carbons (Fsp3) is 0.118. The summed E-state index contributed by atoms with van der Waals surface area (Å²) < 4.78 is 7.72. The first-order valence-electron chi connectivity index (χ1n) is 6.95. The first-order chi connectivity index (χ1) is 10.4. The number of imidazole rings is 1. The van der Waals surface area contributed by atoms with Crippen LogP contribution in [0.3, 0.4) is 0 Å². The van der Waals surface area contributed by atoms with E-state index in [2.05, 4.69) is 45.1 Å². The molecular weight excluding hydrogens is 280 g/mol. The van der Waals surface area contributed by atoms with Gasteiger partial charge in [0.2, 0.25) is 0 Å². The van der Waals surface area contributed by atoms with Crippen LogP contribution in [0, 0.1) is 0 Å². The smallest absolute Gasteiger partial charge is 0.195 e. The Morgan fingerprint density at radius 1 is 1.10 bits per heavy atom. The Hall–Kier alpha value is -2.33. The molecule has 4 heteroatoms. The second kappa shape index (κ2) is 4.90. The number of hydrogen-bond donors (Lipinski definition) is 0. The summed E-state index contributed by atoms with van der Waals surface area (Å²) in [5.74, 6) is 0.906. The Morgan fingerprint density at radius 2 is 1.90 bits per heavy atom. The Kier molecular flexibility index (Phi) is 2.89. The maximum Gasteiger partial charge on any atom is 0.195 e. The third-order valence-electron chi connectivity index (χ3n) is 3.51. The summed E-state index contributed by atoms with van der Waals surface area (Å²) in [5.41, 5.74) is 4.54. The lowest BCUT2D eigenvalue weighted by Gasteiger charge is -2.05. The topological polar surface area (TPSA) is 26.5 Å². The van der Waals surface area contributed by atoms with Gasteiger partial charge in [-0.2, -0.15) is 0 Å². The van der Waals surface area contributed by atoms with E-state index in [9.17, 15) is 0 Å². The summed E-state index contributed by atoms with van der Waals surface area (Å²) in [6.07, 6.45) is 0. The van der Waals surface area contributed by atoms with Crippen LogP contribution >= 0.6 is 11.3 Å². The van der Waals surface area contributed by atoms with Gasteiger partial charge in [0, 0.05) is 5.38 Å². The monoisotopic (exact) mass is 294 g/mol. The van der Waals surface area contributed by atoms with Crippen molar-refractivity contribution >= 4 is 27.3 Å². The number of nitrogens with zero attached hydrogens (tertiary/aromatic N) is 2. The quantitative estimate of drug-likeness (QED) is 0.551. The maximum absolute atomic E-state index is 5.50. The molecular formula is C17H14N2OS. The molecule has 0 spiro atoms. The SMILES string of the molecule is CCOc1ccc(-c2csc3nc4ccccc4n23)cc1. The van der Waals surface area contributed by atoms with Crippen LogP contribution in [0.25, 0.3) is 27.3 Å². The predicted octanol–water partition coefficient (Wildman–Crippen LogP) is 4.61. The van der Waals surface area contributed by atoms with E-state index in [0.717, 1.165) is 21.7 Å². The van der Waals surface area contributed by atoms with Crippen LogP contribution in [0.5, 0.6) is 5.75 Å². The van der Waals surface area contributed by atoms with Crippen molar-refractivity contribution in [1.29, 1.82) is 0 Å². The highest BCUT2D eigenvalue weighted by Gasteiger charge is 2.11. The molecule has 0 fully saturated rings. The zero-order chi connectivity index (χ0) is 14.2. The average molecular weight is 294 g/mol. The fourth-order valence-electron chi connectivity index (χ4n) is 2.56. The summed E-state index contributed by atoms with van der Waals surface area (Å²) in [4.78, 5) is 5.69. The second-order valence-electron chi connectivity index (χ2n) is 4.80. The van der Waals surface area contributed by atoms with Crippen LogP contribution in [0.4, 0.5) is 0 Å². The highest BCUT2D eigenvalue weighted by atomic mass is 32.1. The van der Waals surface area contributed by atoms with E-state index in [4.69, 9.17) is 4.74 Å². The molecule has 4 aromatic rings. The number of para-hydroxylation sites is 2. The van der Waals surface area contributed by atoms with E-state index in [1.807, 2.05) is 25.1 Å². The zero-order valence-corrected chi connectivity index (χ0v) is 12.4. The molecule has 0 unspecified atom stereocenters. The second-order valence-corrected chi connectivity index (χ2v) is 5.63. The third-order valence-corrected chi connectivity index (χ3v) is 4.33. The molecule has 0 aliphatic rings. The summed E-state index contributed by atoms with van der Waals surface area (Å²) in [7, 11) is 0. The molecule has 4 rings (SSSR count). The minimum atomic E-state index is 0.689. The lowest BCUT2D eigenvalue weighted by molar-refractivity contribution is 0.340. The first-order valence-corrected chi connectivity index (χ1v) is 7.82. The lowest BCUT2D eigenvalue weighted by Crippen LogP contribution is -1.91. The number of aromatic nitrogens is 2. The fourth-order valence-corrected chi connectivity index (χ4v) is 3.47. The normalized spacial score (nSPS) is 11.3. The standard InChI is InChI=1S/C17H14N2OS/c1-2-20-13-9-7-12(8-10-13)16-11-21-17-18-14-5-3-4-6-15(14)19(16)17/h3-11H,2H2,1H3. The molecule has 2 heterocycles. The van der Waals surface area contributed by atoms with Crippen molar-refractivity contribution in [2.45, 2.75) is 6.92 Å². The maximum atomic E-state index is 5.50. The van der Waals surface area contributed by atoms with Gasteiger partial charge in [-0.05, 0) is 48.9 Å². The van der Waals surface area contributed by atoms with Gasteiger partial charge in [-0.25, -0.2) is 4.98 Å². The molecule has 0 bridgehead atoms. The van der Waals surface area contributed by atoms with Gasteiger partial charge in [0.05, 0.1) is 23.3 Å². The summed E-state index contributed by atoms with van der Waals surface area (Å²) in [5, 5.41) is 2.16. The van der Waals surface area contributed by atoms with Crippen LogP contribution in [0.15, 0.2) is 53.9 Å². The molecule has 0 amide bonds. The molecule has 0 N–H and O–H groups in total. The van der Waals surface area contributed by atoms with E-state index in [1.54, 1.807) is 11.3 Å². The van der Waals surface area contributed by atoms with Crippen LogP contribution in [0.2, 0.25) is 0 Å². The summed E-state index contributed by atoms with van der Waals surface area (Å²) in [6.45, 7) is 2.68. The van der Waals surface area contributed by atoms with Crippen molar-refractivity contribution in [3.05, 3.63) is 53.9 Å². The molecule has 0 aliphatic heterocycles. The van der Waals surface area contributed by atoms with Gasteiger partial charge in [0.15, 0.2) is 4.96 Å². The van der Waals surface area contributed by atoms with E-state index in [0.29, 0.717) is 6.61 Å². The van der Waals surface area contributed by atoms with Gasteiger partial charge < -0.3 is 4.74 Å². The molecule has 21 heavy (non-hydrogen) atoms. The highest BCUT2D eigenvalue weighted by Crippen LogP contribution is 2.30. The average Bonchev–Trinajstić information content (AvgIpc) is 3.07. The summed E-state index contributed by atoms with van der Waals surface area (Å²) >= 11 is 1.67. The number of hydrogen-bond acceptors (Lipinski definition) is 3. The molecule has 0 radical (unpaired) electrons. The van der Waals surface area contributed by atoms with E-state index >= 15 is 0 Å². The minimum Gasteiger partial charge on any atom is -0.494 e. The number of benzene rings is 2. The Bertz CT molecular complexity index is 905. The molecule has 0 saturated carbocycles. The molecule has 104 valence electrons. The van der Waals surface area contributed by atoms with Gasteiger partial charge in [-0.3, -0.25) is 4.40 Å². The highest BCUT2D eigenvalue weighted by molar-refractivity contribution is 7.15. The van der Waals surface area contributed by atoms with Crippen LogP contribution in [-0.2, 0) is 0 Å². The van der Waals surface area contributed by atoms with Crippen LogP contribution in [0.1, 0.15) is 6.92 Å². The van der Waals surface area contributed by atoms with E-state index < -0.39 is 0 Å². The van der Waals surface area contributed by atoms with Crippen LogP contribution < -0.4 is 4.74 Å². The number of rotatable bonds is 3. The molecule has 0 aliphatic carbocycles. The van der Waals surface area contributed by atoms with E-state index in [-0.39, 0.29) is 0 Å². The van der Waals surface area contributed by atoms with Gasteiger partial charge in [0.25, 0.3) is 0 Å². The van der Waals surface area contributed by atoms with Gasteiger partial charge >= 0.3 is 0 Å². The molecule has 2 aromatic carbocycles. The Morgan fingerprint density at radius 3 is 2.71 bits per heavy atom. The molecule has 3 nitrogen and oxygen atoms in total. The Labute approximate surface area is 126 Å². The molecule has 2 aromatic heterocycles.